The van der Waals surface area contributed by atoms with Gasteiger partial charge in [0.2, 0.25) is 11.8 Å². The highest BCUT2D eigenvalue weighted by atomic mass is 16.5. The van der Waals surface area contributed by atoms with Crippen LogP contribution in [0.1, 0.15) is 42.4 Å². The van der Waals surface area contributed by atoms with Gasteiger partial charge in [-0.15, -0.1) is 6.58 Å². The van der Waals surface area contributed by atoms with Gasteiger partial charge >= 0.3 is 18.0 Å². The first-order chi connectivity index (χ1) is 23.4. The van der Waals surface area contributed by atoms with Crippen LogP contribution < -0.4 is 5.32 Å². The number of nitrogens with zero attached hydrogens (tertiary/aromatic N) is 2. The smallest absolute Gasteiger partial charge is 0.407 e. The Labute approximate surface area is 280 Å². The molecule has 0 bridgehead atoms. The van der Waals surface area contributed by atoms with Crippen molar-refractivity contribution in [1.82, 2.24) is 15.1 Å². The summed E-state index contributed by atoms with van der Waals surface area (Å²) in [4.78, 5) is 68.5. The number of alkyl carbamates (subject to hydrolysis) is 1. The van der Waals surface area contributed by atoms with Gasteiger partial charge in [0.15, 0.2) is 0 Å². The zero-order chi connectivity index (χ0) is 34.1. The number of nitrogens with one attached hydrogen (secondary N) is 1. The lowest BCUT2D eigenvalue weighted by Gasteiger charge is -2.34. The van der Waals surface area contributed by atoms with Gasteiger partial charge in [0, 0.05) is 19.5 Å². The van der Waals surface area contributed by atoms with E-state index in [2.05, 4.69) is 11.9 Å². The van der Waals surface area contributed by atoms with E-state index in [1.165, 1.54) is 15.9 Å². The Kier molecular flexibility index (Phi) is 13.7. The lowest BCUT2D eigenvalue weighted by Crippen LogP contribution is -2.54. The molecule has 3 amide bonds. The number of rotatable bonds is 16. The number of hydrogen-bond acceptors (Lipinski definition) is 8. The van der Waals surface area contributed by atoms with Crippen LogP contribution in [0.4, 0.5) is 4.79 Å². The van der Waals surface area contributed by atoms with Crippen molar-refractivity contribution in [2.24, 2.45) is 0 Å². The Morgan fingerprint density at radius 2 is 1.35 bits per heavy atom. The van der Waals surface area contributed by atoms with E-state index in [9.17, 15) is 24.0 Å². The number of carbonyl (C=O) groups excluding carboxylic acids is 5. The highest BCUT2D eigenvalue weighted by molar-refractivity contribution is 5.92. The predicted octanol–water partition coefficient (Wildman–Crippen LogP) is 4.55. The average molecular weight is 656 g/mol. The maximum absolute atomic E-state index is 14.1. The first-order valence-electron chi connectivity index (χ1n) is 15.9. The first-order valence-corrected chi connectivity index (χ1v) is 15.9. The molecule has 3 aromatic carbocycles. The molecule has 0 unspecified atom stereocenters. The Hall–Kier alpha value is -5.45. The number of likely N-dealkylation sites (tertiary alicyclic amines) is 1. The van der Waals surface area contributed by atoms with E-state index in [-0.39, 0.29) is 45.8 Å². The van der Waals surface area contributed by atoms with E-state index in [1.807, 2.05) is 91.0 Å². The van der Waals surface area contributed by atoms with Crippen LogP contribution in [0.15, 0.2) is 104 Å². The zero-order valence-electron chi connectivity index (χ0n) is 26.8. The molecule has 11 heteroatoms. The van der Waals surface area contributed by atoms with Crippen LogP contribution >= 0.6 is 0 Å². The fourth-order valence-electron chi connectivity index (χ4n) is 5.34. The van der Waals surface area contributed by atoms with Crippen molar-refractivity contribution < 1.29 is 38.2 Å². The lowest BCUT2D eigenvalue weighted by atomic mass is 10.1. The van der Waals surface area contributed by atoms with Crippen LogP contribution in [0, 0.1) is 0 Å². The van der Waals surface area contributed by atoms with Crippen molar-refractivity contribution in [1.29, 1.82) is 0 Å². The monoisotopic (exact) mass is 655 g/mol. The van der Waals surface area contributed by atoms with Crippen molar-refractivity contribution in [3.63, 3.8) is 0 Å². The molecule has 1 fully saturated rings. The number of ether oxygens (including phenoxy) is 3. The highest BCUT2D eigenvalue weighted by Crippen LogP contribution is 2.23. The Balaban J connectivity index is 1.41. The van der Waals surface area contributed by atoms with E-state index < -0.39 is 41.9 Å². The molecule has 11 nitrogen and oxygen atoms in total. The van der Waals surface area contributed by atoms with E-state index >= 15 is 0 Å². The second kappa shape index (κ2) is 18.6. The van der Waals surface area contributed by atoms with Gasteiger partial charge in [-0.3, -0.25) is 14.4 Å². The van der Waals surface area contributed by atoms with Gasteiger partial charge < -0.3 is 29.3 Å². The van der Waals surface area contributed by atoms with Crippen molar-refractivity contribution in [3.05, 3.63) is 120 Å². The summed E-state index contributed by atoms with van der Waals surface area (Å²) in [6, 6.07) is 25.4. The summed E-state index contributed by atoms with van der Waals surface area (Å²) in [7, 11) is 0. The molecule has 3 aromatic rings. The third kappa shape index (κ3) is 10.8. The summed E-state index contributed by atoms with van der Waals surface area (Å²) in [5.41, 5.74) is 2.38. The van der Waals surface area contributed by atoms with Crippen molar-refractivity contribution in [2.75, 3.05) is 19.6 Å². The van der Waals surface area contributed by atoms with Gasteiger partial charge in [-0.25, -0.2) is 9.59 Å². The van der Waals surface area contributed by atoms with Crippen molar-refractivity contribution in [3.8, 4) is 0 Å². The van der Waals surface area contributed by atoms with E-state index in [0.717, 1.165) is 16.7 Å². The Morgan fingerprint density at radius 3 is 1.92 bits per heavy atom. The summed E-state index contributed by atoms with van der Waals surface area (Å²) in [5.74, 6) is -2.17. The van der Waals surface area contributed by atoms with Crippen LogP contribution in [0.5, 0.6) is 0 Å². The van der Waals surface area contributed by atoms with Gasteiger partial charge in [0.25, 0.3) is 0 Å². The largest absolute Gasteiger partial charge is 0.461 e. The molecule has 0 aliphatic carbocycles. The number of benzene rings is 3. The maximum atomic E-state index is 14.1. The average Bonchev–Trinajstić information content (AvgIpc) is 3.62. The molecule has 1 aliphatic rings. The van der Waals surface area contributed by atoms with Crippen molar-refractivity contribution in [2.45, 2.75) is 57.6 Å². The van der Waals surface area contributed by atoms with Gasteiger partial charge in [-0.05, 0) is 36.0 Å². The second-order valence-electron chi connectivity index (χ2n) is 11.2. The van der Waals surface area contributed by atoms with Crippen LogP contribution in [0.3, 0.4) is 0 Å². The molecular formula is C37H41N3O8. The number of esters is 2. The Bertz CT molecular complexity index is 1520. The van der Waals surface area contributed by atoms with E-state index in [4.69, 9.17) is 14.2 Å². The summed E-state index contributed by atoms with van der Waals surface area (Å²) in [6.07, 6.45) is 1.42. The molecule has 1 aliphatic heterocycles. The minimum Gasteiger partial charge on any atom is -0.461 e. The first kappa shape index (κ1) is 35.4. The van der Waals surface area contributed by atoms with Gasteiger partial charge in [0.05, 0.1) is 0 Å². The van der Waals surface area contributed by atoms with Gasteiger partial charge in [-0.1, -0.05) is 97.1 Å². The fourth-order valence-corrected chi connectivity index (χ4v) is 5.34. The normalized spacial score (nSPS) is 14.3. The minimum absolute atomic E-state index is 0.0222. The van der Waals surface area contributed by atoms with Crippen molar-refractivity contribution >= 4 is 29.8 Å². The minimum atomic E-state index is -1.15. The Morgan fingerprint density at radius 1 is 0.812 bits per heavy atom. The quantitative estimate of drug-likeness (QED) is 0.135. The molecular weight excluding hydrogens is 614 g/mol. The predicted molar refractivity (Wildman–Crippen MR) is 177 cm³/mol. The second-order valence-corrected chi connectivity index (χ2v) is 11.2. The van der Waals surface area contributed by atoms with Gasteiger partial charge in [0.1, 0.15) is 38.4 Å². The van der Waals surface area contributed by atoms with Crippen LogP contribution in [-0.2, 0) is 53.2 Å². The van der Waals surface area contributed by atoms with Crippen LogP contribution in [0.25, 0.3) is 0 Å². The number of hydrogen-bond donors (Lipinski definition) is 1. The third-order valence-electron chi connectivity index (χ3n) is 7.80. The molecule has 0 spiro atoms. The summed E-state index contributed by atoms with van der Waals surface area (Å²) in [6.45, 7) is 3.77. The van der Waals surface area contributed by atoms with E-state index in [1.54, 1.807) is 0 Å². The molecule has 0 saturated carbocycles. The standard InChI is InChI=1S/C37H41N3O8/c1-2-22-40(35(43)31-19-12-23-39(31)33(41)24-38-37(45)48-27-30-17-10-5-11-18-30)32(36(44)47-26-29-15-8-4-9-16-29)20-21-34(42)46-25-28-13-6-3-7-14-28/h2-11,13-18,31-32H,1,12,19-27H2,(H,38,45)/t31-,32-/m0/s1. The molecule has 4 rings (SSSR count). The SMILES string of the molecule is C=CCN(C(=O)[C@@H]1CCCN1C(=O)CNC(=O)OCc1ccccc1)[C@@H](CCC(=O)OCc1ccccc1)C(=O)OCc1ccccc1. The summed E-state index contributed by atoms with van der Waals surface area (Å²) >= 11 is 0. The molecule has 0 radical (unpaired) electrons. The highest BCUT2D eigenvalue weighted by Gasteiger charge is 2.40. The molecule has 252 valence electrons. The summed E-state index contributed by atoms with van der Waals surface area (Å²) in [5, 5.41) is 2.45. The summed E-state index contributed by atoms with van der Waals surface area (Å²) < 4.78 is 16.2. The lowest BCUT2D eigenvalue weighted by molar-refractivity contribution is -0.159. The fraction of sp³-hybridized carbons (Fsp3) is 0.324. The van der Waals surface area contributed by atoms with Crippen LogP contribution in [-0.4, -0.2) is 71.4 Å². The molecule has 1 saturated heterocycles. The maximum Gasteiger partial charge on any atom is 0.407 e. The van der Waals surface area contributed by atoms with Crippen LogP contribution in [0.2, 0.25) is 0 Å². The molecule has 48 heavy (non-hydrogen) atoms. The number of carbonyl (C=O) groups is 5. The molecule has 1 heterocycles. The topological polar surface area (TPSA) is 132 Å². The third-order valence-corrected chi connectivity index (χ3v) is 7.80. The van der Waals surface area contributed by atoms with Gasteiger partial charge in [-0.2, -0.15) is 0 Å². The van der Waals surface area contributed by atoms with E-state index in [0.29, 0.717) is 19.4 Å². The zero-order valence-corrected chi connectivity index (χ0v) is 26.8. The molecule has 1 N–H and O–H groups in total. The number of amides is 3. The molecule has 2 atom stereocenters. The molecule has 0 aromatic heterocycles.